The molecule has 0 radical (unpaired) electrons. The summed E-state index contributed by atoms with van der Waals surface area (Å²) < 4.78 is 5.50. The fourth-order valence-electron chi connectivity index (χ4n) is 3.04. The van der Waals surface area contributed by atoms with Crippen LogP contribution in [0.25, 0.3) is 0 Å². The van der Waals surface area contributed by atoms with Gasteiger partial charge in [0.1, 0.15) is 0 Å². The van der Waals surface area contributed by atoms with E-state index >= 15 is 0 Å². The van der Waals surface area contributed by atoms with Crippen LogP contribution >= 0.6 is 0 Å². The third kappa shape index (κ3) is 4.49. The van der Waals surface area contributed by atoms with Crippen LogP contribution in [-0.2, 0) is 14.3 Å². The zero-order chi connectivity index (χ0) is 13.7. The minimum absolute atomic E-state index is 0.0720. The van der Waals surface area contributed by atoms with Gasteiger partial charge in [0.2, 0.25) is 11.8 Å². The van der Waals surface area contributed by atoms with Crippen molar-refractivity contribution in [3.05, 3.63) is 0 Å². The topological polar surface area (TPSA) is 81.4 Å². The fourth-order valence-corrected chi connectivity index (χ4v) is 3.04. The van der Waals surface area contributed by atoms with E-state index in [0.29, 0.717) is 12.8 Å². The molecule has 19 heavy (non-hydrogen) atoms. The van der Waals surface area contributed by atoms with Crippen molar-refractivity contribution in [2.24, 2.45) is 11.7 Å². The number of carbonyl (C=O) groups excluding carboxylic acids is 2. The Kier molecular flexibility index (Phi) is 5.19. The zero-order valence-electron chi connectivity index (χ0n) is 11.4. The van der Waals surface area contributed by atoms with Gasteiger partial charge in [0.25, 0.3) is 0 Å². The highest BCUT2D eigenvalue weighted by atomic mass is 16.5. The molecule has 108 valence electrons. The molecule has 1 aliphatic heterocycles. The van der Waals surface area contributed by atoms with Gasteiger partial charge in [-0.2, -0.15) is 0 Å². The molecule has 2 rings (SSSR count). The van der Waals surface area contributed by atoms with Crippen LogP contribution in [0, 0.1) is 5.92 Å². The highest BCUT2D eigenvalue weighted by Crippen LogP contribution is 2.24. The third-order valence-electron chi connectivity index (χ3n) is 4.16. The Balaban J connectivity index is 1.67. The predicted molar refractivity (Wildman–Crippen MR) is 71.3 cm³/mol. The monoisotopic (exact) mass is 268 g/mol. The standard InChI is InChI=1S/C14H24N2O3/c15-14(18)10-3-1-4-11(9-10)16-13(17)7-6-12-5-2-8-19-12/h10-12H,1-9H2,(H2,15,18)(H,16,17). The van der Waals surface area contributed by atoms with Gasteiger partial charge in [-0.15, -0.1) is 0 Å². The van der Waals surface area contributed by atoms with Crippen LogP contribution in [0.1, 0.15) is 51.4 Å². The maximum absolute atomic E-state index is 11.9. The number of carbonyl (C=O) groups is 2. The van der Waals surface area contributed by atoms with Crippen molar-refractivity contribution >= 4 is 11.8 Å². The lowest BCUT2D eigenvalue weighted by Crippen LogP contribution is -2.41. The molecule has 2 aliphatic rings. The minimum Gasteiger partial charge on any atom is -0.378 e. The van der Waals surface area contributed by atoms with Crippen LogP contribution in [0.3, 0.4) is 0 Å². The quantitative estimate of drug-likeness (QED) is 0.783. The first-order valence-corrected chi connectivity index (χ1v) is 7.35. The number of rotatable bonds is 5. The molecule has 0 bridgehead atoms. The normalized spacial score (nSPS) is 31.1. The molecule has 3 atom stereocenters. The van der Waals surface area contributed by atoms with E-state index in [1.807, 2.05) is 0 Å². The summed E-state index contributed by atoms with van der Waals surface area (Å²) in [6.45, 7) is 0.829. The molecule has 3 unspecified atom stereocenters. The Morgan fingerprint density at radius 1 is 1.21 bits per heavy atom. The summed E-state index contributed by atoms with van der Waals surface area (Å²) in [6.07, 6.45) is 7.23. The van der Waals surface area contributed by atoms with E-state index in [4.69, 9.17) is 10.5 Å². The largest absolute Gasteiger partial charge is 0.378 e. The van der Waals surface area contributed by atoms with Crippen LogP contribution in [0.15, 0.2) is 0 Å². The lowest BCUT2D eigenvalue weighted by atomic mass is 9.85. The van der Waals surface area contributed by atoms with E-state index in [2.05, 4.69) is 5.32 Å². The summed E-state index contributed by atoms with van der Waals surface area (Å²) in [7, 11) is 0. The summed E-state index contributed by atoms with van der Waals surface area (Å²) in [5.41, 5.74) is 5.33. The Morgan fingerprint density at radius 3 is 2.74 bits per heavy atom. The number of nitrogens with one attached hydrogen (secondary N) is 1. The van der Waals surface area contributed by atoms with Crippen LogP contribution < -0.4 is 11.1 Å². The van der Waals surface area contributed by atoms with E-state index in [1.165, 1.54) is 0 Å². The van der Waals surface area contributed by atoms with Gasteiger partial charge in [0, 0.05) is 25.0 Å². The number of hydrogen-bond donors (Lipinski definition) is 2. The lowest BCUT2D eigenvalue weighted by molar-refractivity contribution is -0.125. The van der Waals surface area contributed by atoms with Gasteiger partial charge in [-0.3, -0.25) is 9.59 Å². The van der Waals surface area contributed by atoms with E-state index in [-0.39, 0.29) is 29.9 Å². The van der Waals surface area contributed by atoms with E-state index in [1.54, 1.807) is 0 Å². The molecule has 1 aliphatic carbocycles. The smallest absolute Gasteiger partial charge is 0.220 e. The zero-order valence-corrected chi connectivity index (χ0v) is 11.4. The predicted octanol–water partition coefficient (Wildman–Crippen LogP) is 1.11. The van der Waals surface area contributed by atoms with Crippen molar-refractivity contribution < 1.29 is 14.3 Å². The Morgan fingerprint density at radius 2 is 2.05 bits per heavy atom. The maximum atomic E-state index is 11.9. The van der Waals surface area contributed by atoms with Gasteiger partial charge in [-0.25, -0.2) is 0 Å². The van der Waals surface area contributed by atoms with Gasteiger partial charge < -0.3 is 15.8 Å². The molecule has 3 N–H and O–H groups in total. The molecule has 0 aromatic rings. The van der Waals surface area contributed by atoms with Crippen molar-refractivity contribution in [2.75, 3.05) is 6.61 Å². The Hall–Kier alpha value is -1.10. The number of ether oxygens (including phenoxy) is 1. The molecular weight excluding hydrogens is 244 g/mol. The van der Waals surface area contributed by atoms with Crippen molar-refractivity contribution in [3.63, 3.8) is 0 Å². The van der Waals surface area contributed by atoms with Crippen molar-refractivity contribution in [3.8, 4) is 0 Å². The Bertz CT molecular complexity index is 327. The average molecular weight is 268 g/mol. The molecule has 2 fully saturated rings. The fraction of sp³-hybridized carbons (Fsp3) is 0.857. The highest BCUT2D eigenvalue weighted by Gasteiger charge is 2.26. The van der Waals surface area contributed by atoms with Crippen molar-refractivity contribution in [1.29, 1.82) is 0 Å². The minimum atomic E-state index is -0.238. The highest BCUT2D eigenvalue weighted by molar-refractivity contribution is 5.78. The van der Waals surface area contributed by atoms with E-state index < -0.39 is 0 Å². The second kappa shape index (κ2) is 6.89. The first-order valence-electron chi connectivity index (χ1n) is 7.35. The number of hydrogen-bond acceptors (Lipinski definition) is 3. The molecule has 0 aromatic heterocycles. The summed E-state index contributed by atoms with van der Waals surface area (Å²) in [6, 6.07) is 0.114. The molecule has 1 heterocycles. The van der Waals surface area contributed by atoms with Crippen LogP contribution in [0.2, 0.25) is 0 Å². The van der Waals surface area contributed by atoms with E-state index in [9.17, 15) is 9.59 Å². The van der Waals surface area contributed by atoms with Gasteiger partial charge >= 0.3 is 0 Å². The molecule has 2 amide bonds. The van der Waals surface area contributed by atoms with Crippen LogP contribution in [0.4, 0.5) is 0 Å². The molecule has 5 nitrogen and oxygen atoms in total. The average Bonchev–Trinajstić information content (AvgIpc) is 2.90. The summed E-state index contributed by atoms with van der Waals surface area (Å²) >= 11 is 0. The number of primary amides is 1. The first-order chi connectivity index (χ1) is 9.15. The number of amides is 2. The van der Waals surface area contributed by atoms with Gasteiger partial charge in [-0.1, -0.05) is 6.42 Å². The van der Waals surface area contributed by atoms with Gasteiger partial charge in [-0.05, 0) is 38.5 Å². The first kappa shape index (κ1) is 14.3. The Labute approximate surface area is 114 Å². The van der Waals surface area contributed by atoms with Gasteiger partial charge in [0.05, 0.1) is 6.10 Å². The summed E-state index contributed by atoms with van der Waals surface area (Å²) in [5.74, 6) is -0.235. The van der Waals surface area contributed by atoms with Gasteiger partial charge in [0.15, 0.2) is 0 Å². The molecule has 1 saturated heterocycles. The van der Waals surface area contributed by atoms with Crippen molar-refractivity contribution in [1.82, 2.24) is 5.32 Å². The molecule has 0 aromatic carbocycles. The lowest BCUT2D eigenvalue weighted by Gasteiger charge is -2.28. The molecule has 1 saturated carbocycles. The third-order valence-corrected chi connectivity index (χ3v) is 4.16. The SMILES string of the molecule is NC(=O)C1CCCC(NC(=O)CCC2CCCO2)C1. The summed E-state index contributed by atoms with van der Waals surface area (Å²) in [4.78, 5) is 23.0. The molecular formula is C14H24N2O3. The van der Waals surface area contributed by atoms with E-state index in [0.717, 1.165) is 45.1 Å². The second-order valence-corrected chi connectivity index (χ2v) is 5.70. The molecule has 5 heteroatoms. The molecule has 0 spiro atoms. The van der Waals surface area contributed by atoms with Crippen LogP contribution in [0.5, 0.6) is 0 Å². The number of nitrogens with two attached hydrogens (primary N) is 1. The van der Waals surface area contributed by atoms with Crippen LogP contribution in [-0.4, -0.2) is 30.6 Å². The summed E-state index contributed by atoms with van der Waals surface area (Å²) in [5, 5.41) is 3.03. The maximum Gasteiger partial charge on any atom is 0.220 e. The van der Waals surface area contributed by atoms with Crippen molar-refractivity contribution in [2.45, 2.75) is 63.5 Å². The second-order valence-electron chi connectivity index (χ2n) is 5.70.